The summed E-state index contributed by atoms with van der Waals surface area (Å²) in [5, 5.41) is 8.91. The summed E-state index contributed by atoms with van der Waals surface area (Å²) in [4.78, 5) is 20.7. The maximum Gasteiger partial charge on any atom is 0.199 e. The monoisotopic (exact) mass is 433 g/mol. The molecule has 3 aromatic rings. The number of nitrogens with zero attached hydrogens (tertiary/aromatic N) is 3. The maximum absolute atomic E-state index is 14.8. The molecule has 7 nitrogen and oxygen atoms in total. The highest BCUT2D eigenvalue weighted by Gasteiger charge is 2.25. The van der Waals surface area contributed by atoms with Crippen molar-refractivity contribution >= 4 is 28.1 Å². The molecule has 1 aromatic heterocycles. The Morgan fingerprint density at radius 3 is 2.67 bits per heavy atom. The molecule has 11 heteroatoms. The van der Waals surface area contributed by atoms with Gasteiger partial charge in [-0.25, -0.2) is 22.9 Å². The second-order valence-electron chi connectivity index (χ2n) is 6.15. The number of aryl methyl sites for hydroxylation is 1. The van der Waals surface area contributed by atoms with Gasteiger partial charge in [-0.05, 0) is 42.7 Å². The predicted octanol–water partition coefficient (Wildman–Crippen LogP) is 2.47. The zero-order valence-electron chi connectivity index (χ0n) is 15.1. The lowest BCUT2D eigenvalue weighted by atomic mass is 9.97. The molecular formula is C19H12F3N4O3S-. The van der Waals surface area contributed by atoms with Crippen molar-refractivity contribution in [3.63, 3.8) is 0 Å². The fourth-order valence-electron chi connectivity index (χ4n) is 2.82. The first-order valence-electron chi connectivity index (χ1n) is 8.52. The number of nitrogens with one attached hydrogen (secondary N) is 1. The Kier molecular flexibility index (Phi) is 6.51. The lowest BCUT2D eigenvalue weighted by Gasteiger charge is -2.11. The summed E-state index contributed by atoms with van der Waals surface area (Å²) in [6.07, 6.45) is 1.22. The molecule has 0 aliphatic heterocycles. The number of benzene rings is 2. The van der Waals surface area contributed by atoms with Crippen LogP contribution in [-0.4, -0.2) is 31.1 Å². The van der Waals surface area contributed by atoms with Crippen LogP contribution in [0.3, 0.4) is 0 Å². The number of fused-ring (bicyclic) bond motifs is 1. The van der Waals surface area contributed by atoms with Gasteiger partial charge in [0, 0.05) is 23.4 Å². The van der Waals surface area contributed by atoms with Gasteiger partial charge < -0.3 is 4.55 Å². The van der Waals surface area contributed by atoms with E-state index in [1.165, 1.54) is 24.4 Å². The van der Waals surface area contributed by atoms with E-state index in [1.54, 1.807) is 6.07 Å². The second-order valence-corrected chi connectivity index (χ2v) is 6.91. The van der Waals surface area contributed by atoms with Gasteiger partial charge in [-0.15, -0.1) is 0 Å². The molecule has 1 heterocycles. The predicted molar refractivity (Wildman–Crippen MR) is 99.2 cm³/mol. The lowest BCUT2D eigenvalue weighted by Crippen LogP contribution is -2.18. The van der Waals surface area contributed by atoms with Crippen LogP contribution in [-0.2, 0) is 17.7 Å². The smallest absolute Gasteiger partial charge is 0.199 e. The van der Waals surface area contributed by atoms with E-state index in [9.17, 15) is 26.7 Å². The fourth-order valence-corrected chi connectivity index (χ4v) is 3.13. The summed E-state index contributed by atoms with van der Waals surface area (Å²) in [6.45, 7) is -0.0393. The normalized spacial score (nSPS) is 12.0. The molecule has 0 saturated carbocycles. The molecule has 1 N–H and O–H groups in total. The minimum absolute atomic E-state index is 0.00915. The number of nitriles is 1. The maximum atomic E-state index is 14.8. The molecule has 1 unspecified atom stereocenters. The molecular weight excluding hydrogens is 421 g/mol. The van der Waals surface area contributed by atoms with Crippen molar-refractivity contribution in [1.82, 2.24) is 14.7 Å². The summed E-state index contributed by atoms with van der Waals surface area (Å²) in [5.74, 6) is -5.35. The zero-order chi connectivity index (χ0) is 21.8. The van der Waals surface area contributed by atoms with Crippen LogP contribution in [0.1, 0.15) is 33.6 Å². The highest BCUT2D eigenvalue weighted by atomic mass is 32.2. The molecule has 0 saturated heterocycles. The average molecular weight is 433 g/mol. The highest BCUT2D eigenvalue weighted by molar-refractivity contribution is 7.77. The molecule has 2 aromatic carbocycles. The molecule has 0 radical (unpaired) electrons. The number of carbonyl (C=O) groups is 1. The van der Waals surface area contributed by atoms with Gasteiger partial charge in [0.25, 0.3) is 0 Å². The standard InChI is InChI=1S/C19H13F3N4O3S/c20-13-6-10(2-1-5-25-30(28)29)17(21)16(18(13)22)19(27)11-3-4-14-15(7-11)26-12(8-23)9-24-14/h3-4,6-7,9,25H,1-2,5H2,(H,28,29)/p-1. The van der Waals surface area contributed by atoms with E-state index in [0.29, 0.717) is 11.6 Å². The highest BCUT2D eigenvalue weighted by Crippen LogP contribution is 2.25. The topological polar surface area (TPSA) is 119 Å². The number of aromatic nitrogens is 2. The molecule has 154 valence electrons. The largest absolute Gasteiger partial charge is 0.760 e. The van der Waals surface area contributed by atoms with Gasteiger partial charge in [0.2, 0.25) is 0 Å². The first-order chi connectivity index (χ1) is 14.3. The Hall–Kier alpha value is -3.20. The Labute approximate surface area is 171 Å². The second kappa shape index (κ2) is 9.08. The molecule has 1 atom stereocenters. The van der Waals surface area contributed by atoms with E-state index in [0.717, 1.165) is 0 Å². The molecule has 0 spiro atoms. The number of rotatable bonds is 7. The third kappa shape index (κ3) is 4.51. The van der Waals surface area contributed by atoms with Gasteiger partial charge in [0.1, 0.15) is 11.9 Å². The number of hydrogen-bond donors (Lipinski definition) is 1. The van der Waals surface area contributed by atoms with E-state index in [1.807, 2.05) is 0 Å². The lowest BCUT2D eigenvalue weighted by molar-refractivity contribution is 0.102. The molecule has 3 rings (SSSR count). The van der Waals surface area contributed by atoms with Crippen molar-refractivity contribution in [2.45, 2.75) is 12.8 Å². The Balaban J connectivity index is 1.97. The van der Waals surface area contributed by atoms with Crippen LogP contribution in [0.2, 0.25) is 0 Å². The van der Waals surface area contributed by atoms with Crippen LogP contribution in [0.5, 0.6) is 0 Å². The van der Waals surface area contributed by atoms with Crippen molar-refractivity contribution in [3.8, 4) is 6.07 Å². The van der Waals surface area contributed by atoms with Crippen LogP contribution in [0.25, 0.3) is 11.0 Å². The first kappa shape index (κ1) is 21.5. The summed E-state index contributed by atoms with van der Waals surface area (Å²) in [5.41, 5.74) is -0.976. The van der Waals surface area contributed by atoms with Crippen LogP contribution in [0.15, 0.2) is 30.5 Å². The molecule has 0 aliphatic rings. The summed E-state index contributed by atoms with van der Waals surface area (Å²) in [6, 6.07) is 6.30. The van der Waals surface area contributed by atoms with E-state index < -0.39 is 40.1 Å². The average Bonchev–Trinajstić information content (AvgIpc) is 2.73. The van der Waals surface area contributed by atoms with E-state index in [4.69, 9.17) is 5.26 Å². The van der Waals surface area contributed by atoms with E-state index in [-0.39, 0.29) is 41.7 Å². The van der Waals surface area contributed by atoms with Gasteiger partial charge in [-0.3, -0.25) is 14.0 Å². The van der Waals surface area contributed by atoms with Crippen molar-refractivity contribution < 1.29 is 26.7 Å². The Bertz CT molecular complexity index is 1210. The third-order valence-corrected chi connectivity index (χ3v) is 4.66. The summed E-state index contributed by atoms with van der Waals surface area (Å²) < 4.78 is 66.1. The third-order valence-electron chi connectivity index (χ3n) is 4.22. The van der Waals surface area contributed by atoms with Crippen LogP contribution < -0.4 is 4.72 Å². The summed E-state index contributed by atoms with van der Waals surface area (Å²) >= 11 is -2.50. The van der Waals surface area contributed by atoms with E-state index >= 15 is 0 Å². The number of hydrogen-bond acceptors (Lipinski definition) is 6. The van der Waals surface area contributed by atoms with Crippen LogP contribution >= 0.6 is 0 Å². The first-order valence-corrected chi connectivity index (χ1v) is 9.60. The summed E-state index contributed by atoms with van der Waals surface area (Å²) in [7, 11) is 0. The molecule has 0 amide bonds. The minimum Gasteiger partial charge on any atom is -0.760 e. The number of carbonyl (C=O) groups excluding carboxylic acids is 1. The molecule has 0 bridgehead atoms. The molecule has 0 aliphatic carbocycles. The van der Waals surface area contributed by atoms with Crippen LogP contribution in [0.4, 0.5) is 13.2 Å². The number of halogens is 3. The van der Waals surface area contributed by atoms with Gasteiger partial charge in [-0.2, -0.15) is 5.26 Å². The zero-order valence-corrected chi connectivity index (χ0v) is 15.9. The number of ketones is 1. The molecule has 30 heavy (non-hydrogen) atoms. The van der Waals surface area contributed by atoms with Crippen molar-refractivity contribution in [1.29, 1.82) is 5.26 Å². The fraction of sp³-hybridized carbons (Fsp3) is 0.158. The van der Waals surface area contributed by atoms with Crippen molar-refractivity contribution in [3.05, 3.63) is 70.3 Å². The SMILES string of the molecule is N#Cc1cnc2ccc(C(=O)c3c(F)c(F)cc(CCCNS(=O)[O-])c3F)cc2n1. The van der Waals surface area contributed by atoms with Crippen molar-refractivity contribution in [2.75, 3.05) is 6.54 Å². The van der Waals surface area contributed by atoms with Gasteiger partial charge in [0.15, 0.2) is 23.1 Å². The van der Waals surface area contributed by atoms with Crippen LogP contribution in [0, 0.1) is 28.8 Å². The van der Waals surface area contributed by atoms with Gasteiger partial charge in [0.05, 0.1) is 22.8 Å². The minimum atomic E-state index is -2.50. The van der Waals surface area contributed by atoms with Crippen molar-refractivity contribution in [2.24, 2.45) is 0 Å². The van der Waals surface area contributed by atoms with Gasteiger partial charge in [-0.1, -0.05) is 0 Å². The molecule has 0 fully saturated rings. The van der Waals surface area contributed by atoms with E-state index in [2.05, 4.69) is 14.7 Å². The Morgan fingerprint density at radius 1 is 1.20 bits per heavy atom. The van der Waals surface area contributed by atoms with Gasteiger partial charge >= 0.3 is 0 Å². The quantitative estimate of drug-likeness (QED) is 0.265. The Morgan fingerprint density at radius 2 is 1.97 bits per heavy atom.